The zero-order valence-corrected chi connectivity index (χ0v) is 6.48. The number of phenolic OH excluding ortho intramolecular Hbond substituents is 1. The summed E-state index contributed by atoms with van der Waals surface area (Å²) in [5, 5.41) is 7.85. The predicted octanol–water partition coefficient (Wildman–Crippen LogP) is 0.347. The second kappa shape index (κ2) is 3.91. The molecule has 0 fully saturated rings. The molecule has 0 aromatic heterocycles. The Labute approximate surface area is 85.7 Å². The molecule has 0 saturated heterocycles. The molecule has 1 aromatic carbocycles. The monoisotopic (exact) mass is 188 g/mol. The maximum absolute atomic E-state index is 11.3. The van der Waals surface area contributed by atoms with Crippen LogP contribution in [0.5, 0.6) is 5.75 Å². The number of rotatable bonds is 5. The number of hydrogen-bond donors (Lipinski definition) is 3. The van der Waals surface area contributed by atoms with E-state index in [4.69, 9.17) is 9.80 Å². The first-order valence-electron chi connectivity index (χ1n) is 6.72. The Morgan fingerprint density at radius 3 is 3.62 bits per heavy atom. The van der Waals surface area contributed by atoms with Crippen LogP contribution in [0.3, 0.4) is 0 Å². The quantitative estimate of drug-likeness (QED) is 0.622. The van der Waals surface area contributed by atoms with E-state index in [1.807, 2.05) is 0 Å². The molecular weight excluding hydrogens is 170 g/mol. The summed E-state index contributed by atoms with van der Waals surface area (Å²) in [5.41, 5.74) is -0.286. The molecule has 4 nitrogen and oxygen atoms in total. The smallest absolute Gasteiger partial charge is 0.320 e. The first kappa shape index (κ1) is 3.67. The maximum Gasteiger partial charge on any atom is 0.320 e. The van der Waals surface area contributed by atoms with Crippen molar-refractivity contribution in [3.63, 3.8) is 0 Å². The van der Waals surface area contributed by atoms with Gasteiger partial charge < -0.3 is 15.9 Å². The van der Waals surface area contributed by atoms with Gasteiger partial charge >= 0.3 is 5.97 Å². The van der Waals surface area contributed by atoms with Gasteiger partial charge in [0, 0.05) is 1.37 Å². The molecule has 1 unspecified atom stereocenters. The minimum Gasteiger partial charge on any atom is -0.508 e. The van der Waals surface area contributed by atoms with Crippen molar-refractivity contribution in [2.45, 2.75) is 12.4 Å². The third-order valence-electron chi connectivity index (χ3n) is 1.31. The summed E-state index contributed by atoms with van der Waals surface area (Å²) in [5.74, 6) is -1.42. The highest BCUT2D eigenvalue weighted by atomic mass is 16.4. The fraction of sp³-hybridized carbons (Fsp3) is 0.222. The van der Waals surface area contributed by atoms with Gasteiger partial charge in [0.1, 0.15) is 14.6 Å². The van der Waals surface area contributed by atoms with Gasteiger partial charge in [-0.3, -0.25) is 4.79 Å². The van der Waals surface area contributed by atoms with Crippen LogP contribution in [0.4, 0.5) is 0 Å². The summed E-state index contributed by atoms with van der Waals surface area (Å²) >= 11 is 0. The van der Waals surface area contributed by atoms with Gasteiger partial charge in [-0.15, -0.1) is 0 Å². The van der Waals surface area contributed by atoms with Gasteiger partial charge in [-0.1, -0.05) is 12.1 Å². The molecule has 13 heavy (non-hydrogen) atoms. The highest BCUT2D eigenvalue weighted by Crippen LogP contribution is 2.11. The number of aromatic hydroxyl groups is 1. The Balaban J connectivity index is 3.27. The van der Waals surface area contributed by atoms with Crippen molar-refractivity contribution in [2.75, 3.05) is 0 Å². The molecule has 0 aliphatic carbocycles. The van der Waals surface area contributed by atoms with Crippen LogP contribution in [0.1, 0.15) is 9.68 Å². The maximum atomic E-state index is 11.3. The van der Waals surface area contributed by atoms with E-state index < -0.39 is 24.5 Å². The predicted molar refractivity (Wildman–Crippen MR) is 47.4 cm³/mol. The summed E-state index contributed by atoms with van der Waals surface area (Å²) in [6.07, 6.45) is -1.62. The van der Waals surface area contributed by atoms with Crippen molar-refractivity contribution < 1.29 is 21.9 Å². The van der Waals surface area contributed by atoms with E-state index in [0.29, 0.717) is 0 Å². The van der Waals surface area contributed by atoms with Gasteiger partial charge in [0.05, 0.1) is 2.74 Å². The van der Waals surface area contributed by atoms with Gasteiger partial charge in [-0.2, -0.15) is 0 Å². The number of hydrogen-bond acceptors (Lipinski definition) is 4. The Kier molecular flexibility index (Phi) is 1.10. The van der Waals surface area contributed by atoms with Crippen LogP contribution in [0.15, 0.2) is 24.2 Å². The van der Waals surface area contributed by atoms with Gasteiger partial charge in [-0.25, -0.2) is 0 Å². The van der Waals surface area contributed by atoms with Crippen LogP contribution in [0.2, 0.25) is 2.82 Å². The normalized spacial score (nSPS) is 22.1. The second-order valence-corrected chi connectivity index (χ2v) is 2.35. The third-order valence-corrected chi connectivity index (χ3v) is 1.31. The Bertz CT molecular complexity index is 499. The Hall–Kier alpha value is -1.55. The molecule has 2 atom stereocenters. The SMILES string of the molecule is [2H]OC(=O)[C@H](C([2H])c1cc(O[2H])cc([2H])c1[2H])N([2H])[2H]. The molecule has 70 valence electrons. The molecule has 0 spiro atoms. The summed E-state index contributed by atoms with van der Waals surface area (Å²) in [4.78, 5) is 11.3. The number of carboxylic acid groups (broad SMARTS) is 1. The van der Waals surface area contributed by atoms with E-state index >= 15 is 0 Å². The molecule has 1 aromatic rings. The van der Waals surface area contributed by atoms with Crippen molar-refractivity contribution in [3.8, 4) is 5.75 Å². The molecule has 0 aliphatic heterocycles. The van der Waals surface area contributed by atoms with Crippen molar-refractivity contribution >= 4 is 5.97 Å². The van der Waals surface area contributed by atoms with E-state index in [1.54, 1.807) is 0 Å². The highest BCUT2D eigenvalue weighted by Gasteiger charge is 2.11. The molecule has 4 heteroatoms. The van der Waals surface area contributed by atoms with Crippen LogP contribution in [-0.4, -0.2) is 23.7 Å². The molecule has 1 rings (SSSR count). The number of carboxylic acids is 1. The second-order valence-electron chi connectivity index (χ2n) is 2.35. The first-order valence-corrected chi connectivity index (χ1v) is 3.44. The number of phenols is 1. The van der Waals surface area contributed by atoms with Gasteiger partial charge in [0.15, 0.2) is 0 Å². The van der Waals surface area contributed by atoms with E-state index in [-0.39, 0.29) is 23.1 Å². The molecular formula is C9H11NO3. The third kappa shape index (κ3) is 2.76. The van der Waals surface area contributed by atoms with E-state index in [1.165, 1.54) is 0 Å². The summed E-state index contributed by atoms with van der Waals surface area (Å²) < 4.78 is 50.5. The number of aliphatic carboxylic acids is 1. The number of carbonyl (C=O) groups is 1. The topological polar surface area (TPSA) is 83.5 Å². The molecule has 0 aliphatic rings. The largest absolute Gasteiger partial charge is 0.508 e. The zero-order valence-electron chi connectivity index (χ0n) is 13.5. The Morgan fingerprint density at radius 1 is 2.00 bits per heavy atom. The van der Waals surface area contributed by atoms with Crippen LogP contribution < -0.4 is 5.72 Å². The molecule has 0 heterocycles. The van der Waals surface area contributed by atoms with Crippen molar-refractivity contribution in [3.05, 3.63) is 29.8 Å². The van der Waals surface area contributed by atoms with Gasteiger partial charge in [0.25, 0.3) is 2.86 Å². The minimum absolute atomic E-state index is 0.105. The average molecular weight is 188 g/mol. The standard InChI is InChI=1S/C9H11NO3/c10-8(9(12)13)5-6-2-1-3-7(11)4-6/h1-4,8,11H,5,10H2,(H,12,13)/t8-/m0/s1/i1D,2D,5D/hD4/t5?,8-. The molecule has 0 radical (unpaired) electrons. The first-order chi connectivity index (χ1) is 9.33. The number of benzene rings is 1. The fourth-order valence-corrected chi connectivity index (χ4v) is 0.749. The molecule has 0 bridgehead atoms. The van der Waals surface area contributed by atoms with Gasteiger partial charge in [0.2, 0.25) is 0 Å². The van der Waals surface area contributed by atoms with Gasteiger partial charge in [-0.05, 0) is 24.1 Å². The molecule has 0 amide bonds. The van der Waals surface area contributed by atoms with Crippen molar-refractivity contribution in [1.29, 1.82) is 2.86 Å². The lowest BCUT2D eigenvalue weighted by molar-refractivity contribution is -0.138. The molecule has 4 N–H and O–H groups in total. The lowest BCUT2D eigenvalue weighted by Crippen LogP contribution is -2.32. The number of nitrogens with two attached hydrogens (primary N) is 1. The lowest BCUT2D eigenvalue weighted by Gasteiger charge is -2.05. The van der Waals surface area contributed by atoms with E-state index in [9.17, 15) is 4.79 Å². The zero-order chi connectivity index (χ0) is 15.4. The highest BCUT2D eigenvalue weighted by molar-refractivity contribution is 5.73. The van der Waals surface area contributed by atoms with E-state index in [2.05, 4.69) is 10.2 Å². The fourth-order valence-electron chi connectivity index (χ4n) is 0.749. The average Bonchev–Trinajstić information content (AvgIpc) is 2.40. The van der Waals surface area contributed by atoms with Crippen LogP contribution in [0, 0.1) is 0 Å². The van der Waals surface area contributed by atoms with Crippen LogP contribution in [-0.2, 0) is 11.2 Å². The summed E-state index contributed by atoms with van der Waals surface area (Å²) in [7, 11) is 0. The molecule has 0 saturated carbocycles. The van der Waals surface area contributed by atoms with E-state index in [0.717, 1.165) is 12.1 Å². The van der Waals surface area contributed by atoms with Crippen molar-refractivity contribution in [2.24, 2.45) is 5.72 Å². The van der Waals surface area contributed by atoms with Crippen LogP contribution >= 0.6 is 0 Å². The lowest BCUT2D eigenvalue weighted by atomic mass is 10.1. The summed E-state index contributed by atoms with van der Waals surface area (Å²) in [6, 6.07) is -0.310. The minimum atomic E-state index is -1.77. The van der Waals surface area contributed by atoms with Crippen molar-refractivity contribution in [1.82, 2.24) is 0 Å². The Morgan fingerprint density at radius 2 is 2.92 bits per heavy atom. The van der Waals surface area contributed by atoms with Crippen LogP contribution in [0.25, 0.3) is 1.43 Å². The summed E-state index contributed by atoms with van der Waals surface area (Å²) in [6.45, 7) is 0.